The highest BCUT2D eigenvalue weighted by molar-refractivity contribution is 6.30. The van der Waals surface area contributed by atoms with E-state index in [2.05, 4.69) is 10.2 Å². The largest absolute Gasteiger partial charge is 0.508 e. The molecular formula is C26H33ClN2O5. The number of carbonyl (C=O) groups is 1. The number of aliphatic hydroxyl groups is 1. The summed E-state index contributed by atoms with van der Waals surface area (Å²) < 4.78 is 12.1. The Balaban J connectivity index is 1.27. The van der Waals surface area contributed by atoms with Crippen LogP contribution >= 0.6 is 11.6 Å². The highest BCUT2D eigenvalue weighted by Gasteiger charge is 2.42. The van der Waals surface area contributed by atoms with Gasteiger partial charge >= 0.3 is 0 Å². The van der Waals surface area contributed by atoms with Gasteiger partial charge in [0.2, 0.25) is 0 Å². The topological polar surface area (TPSA) is 91.3 Å². The van der Waals surface area contributed by atoms with Gasteiger partial charge in [0.15, 0.2) is 0 Å². The lowest BCUT2D eigenvalue weighted by Gasteiger charge is -2.39. The van der Waals surface area contributed by atoms with Crippen molar-refractivity contribution < 1.29 is 24.5 Å². The molecule has 1 fully saturated rings. The molecule has 0 bridgehead atoms. The average Bonchev–Trinajstić information content (AvgIpc) is 3.14. The number of β-amino-alcohol motifs (C(OH)–C–C–N with tert-alkyl or cyclic N) is 1. The van der Waals surface area contributed by atoms with E-state index >= 15 is 0 Å². The molecular weight excluding hydrogens is 456 g/mol. The number of nitrogens with one attached hydrogen (secondary N) is 1. The van der Waals surface area contributed by atoms with Crippen LogP contribution in [0.1, 0.15) is 42.6 Å². The van der Waals surface area contributed by atoms with Crippen molar-refractivity contribution in [3.05, 3.63) is 52.5 Å². The third kappa shape index (κ3) is 5.95. The Bertz CT molecular complexity index is 1020. The molecule has 1 spiro atoms. The van der Waals surface area contributed by atoms with E-state index in [1.807, 2.05) is 32.0 Å². The summed E-state index contributed by atoms with van der Waals surface area (Å²) in [6.07, 6.45) is 1.88. The van der Waals surface area contributed by atoms with Gasteiger partial charge in [0, 0.05) is 56.5 Å². The molecule has 0 unspecified atom stereocenters. The van der Waals surface area contributed by atoms with Crippen LogP contribution in [0.15, 0.2) is 36.4 Å². The van der Waals surface area contributed by atoms with Gasteiger partial charge in [-0.3, -0.25) is 4.79 Å². The van der Waals surface area contributed by atoms with Gasteiger partial charge in [0.05, 0.1) is 5.56 Å². The number of aromatic hydroxyl groups is 1. The molecule has 2 aromatic rings. The number of phenols is 1. The second-order valence-electron chi connectivity index (χ2n) is 9.76. The summed E-state index contributed by atoms with van der Waals surface area (Å²) in [6.45, 7) is 6.68. The van der Waals surface area contributed by atoms with Crippen molar-refractivity contribution in [3.8, 4) is 17.2 Å². The number of halogens is 1. The summed E-state index contributed by atoms with van der Waals surface area (Å²) in [4.78, 5) is 14.7. The third-order valence-corrected chi connectivity index (χ3v) is 6.64. The maximum atomic E-state index is 12.5. The fourth-order valence-electron chi connectivity index (χ4n) is 4.57. The molecule has 4 rings (SSSR count). The molecule has 2 aliphatic rings. The molecule has 0 aliphatic carbocycles. The predicted molar refractivity (Wildman–Crippen MR) is 131 cm³/mol. The number of rotatable bonds is 8. The summed E-state index contributed by atoms with van der Waals surface area (Å²) in [5.74, 6) is 1.24. The van der Waals surface area contributed by atoms with Crippen LogP contribution in [0.2, 0.25) is 5.02 Å². The van der Waals surface area contributed by atoms with E-state index < -0.39 is 6.10 Å². The number of carbonyl (C=O) groups excluding carboxylic acids is 1. The van der Waals surface area contributed by atoms with E-state index in [0.717, 1.165) is 48.7 Å². The minimum absolute atomic E-state index is 0.00470. The second-order valence-corrected chi connectivity index (χ2v) is 10.2. The number of likely N-dealkylation sites (tertiary alicyclic amines) is 1. The highest BCUT2D eigenvalue weighted by Crippen LogP contribution is 2.42. The number of ether oxygens (including phenoxy) is 2. The maximum Gasteiger partial charge on any atom is 0.255 e. The van der Waals surface area contributed by atoms with Crippen LogP contribution in [0, 0.1) is 5.92 Å². The Hall–Kier alpha value is -2.48. The maximum absolute atomic E-state index is 12.5. The molecule has 34 heavy (non-hydrogen) atoms. The fraction of sp³-hybridized carbons (Fsp3) is 0.500. The lowest BCUT2D eigenvalue weighted by molar-refractivity contribution is -0.00200. The number of piperidine rings is 1. The van der Waals surface area contributed by atoms with Gasteiger partial charge in [-0.05, 0) is 41.8 Å². The standard InChI is InChI=1S/C26H33ClN2O5/c1-17(2)14-28-25(32)22-5-4-20(30)12-24(22)33-16-21(31)15-29-9-7-26(8-10-29)13-18-11-19(27)3-6-23(18)34-26/h3-6,11-12,17,21,30-31H,7-10,13-16H2,1-2H3,(H,28,32)/t21-/m1/s1. The van der Waals surface area contributed by atoms with Crippen molar-refractivity contribution in [3.63, 3.8) is 0 Å². The smallest absolute Gasteiger partial charge is 0.255 e. The summed E-state index contributed by atoms with van der Waals surface area (Å²) in [7, 11) is 0. The first kappa shape index (κ1) is 24.6. The van der Waals surface area contributed by atoms with Gasteiger partial charge in [-0.2, -0.15) is 0 Å². The molecule has 1 atom stereocenters. The molecule has 1 amide bonds. The number of hydrogen-bond acceptors (Lipinski definition) is 6. The van der Waals surface area contributed by atoms with Gasteiger partial charge in [-0.25, -0.2) is 0 Å². The van der Waals surface area contributed by atoms with E-state index in [1.165, 1.54) is 18.2 Å². The zero-order chi connectivity index (χ0) is 24.3. The molecule has 0 saturated carbocycles. The van der Waals surface area contributed by atoms with Crippen molar-refractivity contribution in [1.82, 2.24) is 10.2 Å². The molecule has 0 aromatic heterocycles. The molecule has 2 heterocycles. The Kier molecular flexibility index (Phi) is 7.55. The van der Waals surface area contributed by atoms with Crippen LogP contribution in [-0.4, -0.2) is 65.5 Å². The number of benzene rings is 2. The zero-order valence-electron chi connectivity index (χ0n) is 19.7. The van der Waals surface area contributed by atoms with Crippen LogP contribution in [0.25, 0.3) is 0 Å². The van der Waals surface area contributed by atoms with Gasteiger partial charge < -0.3 is 29.9 Å². The molecule has 7 nitrogen and oxygen atoms in total. The number of nitrogens with zero attached hydrogens (tertiary/aromatic N) is 1. The van der Waals surface area contributed by atoms with Crippen molar-refractivity contribution in [2.45, 2.75) is 44.8 Å². The molecule has 1 saturated heterocycles. The first-order valence-corrected chi connectivity index (χ1v) is 12.2. The number of phenolic OH excluding ortho intramolecular Hbond substituents is 1. The summed E-state index contributed by atoms with van der Waals surface area (Å²) in [5.41, 5.74) is 1.31. The van der Waals surface area contributed by atoms with E-state index in [-0.39, 0.29) is 29.6 Å². The molecule has 2 aromatic carbocycles. The first-order valence-electron chi connectivity index (χ1n) is 11.8. The normalized spacial score (nSPS) is 17.9. The first-order chi connectivity index (χ1) is 16.2. The molecule has 3 N–H and O–H groups in total. The lowest BCUT2D eigenvalue weighted by Crippen LogP contribution is -2.49. The van der Waals surface area contributed by atoms with Crippen molar-refractivity contribution >= 4 is 17.5 Å². The van der Waals surface area contributed by atoms with Gasteiger partial charge in [0.1, 0.15) is 35.6 Å². The fourth-order valence-corrected chi connectivity index (χ4v) is 4.77. The minimum atomic E-state index is -0.733. The number of hydrogen-bond donors (Lipinski definition) is 3. The third-order valence-electron chi connectivity index (χ3n) is 6.41. The van der Waals surface area contributed by atoms with Crippen LogP contribution < -0.4 is 14.8 Å². The van der Waals surface area contributed by atoms with E-state index in [9.17, 15) is 15.0 Å². The number of aliphatic hydroxyl groups excluding tert-OH is 1. The summed E-state index contributed by atoms with van der Waals surface area (Å²) in [6, 6.07) is 10.2. The van der Waals surface area contributed by atoms with Crippen LogP contribution in [0.4, 0.5) is 0 Å². The van der Waals surface area contributed by atoms with Crippen molar-refractivity contribution in [1.29, 1.82) is 0 Å². The van der Waals surface area contributed by atoms with E-state index in [1.54, 1.807) is 0 Å². The number of amides is 1. The van der Waals surface area contributed by atoms with Crippen LogP contribution in [-0.2, 0) is 6.42 Å². The molecule has 184 valence electrons. The van der Waals surface area contributed by atoms with Crippen LogP contribution in [0.3, 0.4) is 0 Å². The highest BCUT2D eigenvalue weighted by atomic mass is 35.5. The SMILES string of the molecule is CC(C)CNC(=O)c1ccc(O)cc1OC[C@H](O)CN1CCC2(CC1)Cc1cc(Cl)ccc1O2. The number of fused-ring (bicyclic) bond motifs is 1. The monoisotopic (exact) mass is 488 g/mol. The Morgan fingerprint density at radius 1 is 1.24 bits per heavy atom. The second kappa shape index (κ2) is 10.4. The average molecular weight is 489 g/mol. The van der Waals surface area contributed by atoms with Crippen molar-refractivity contribution in [2.24, 2.45) is 5.92 Å². The van der Waals surface area contributed by atoms with Crippen molar-refractivity contribution in [2.75, 3.05) is 32.8 Å². The van der Waals surface area contributed by atoms with Gasteiger partial charge in [-0.1, -0.05) is 25.4 Å². The Morgan fingerprint density at radius 2 is 2.00 bits per heavy atom. The lowest BCUT2D eigenvalue weighted by atomic mass is 9.87. The van der Waals surface area contributed by atoms with E-state index in [0.29, 0.717) is 24.6 Å². The Morgan fingerprint density at radius 3 is 2.74 bits per heavy atom. The summed E-state index contributed by atoms with van der Waals surface area (Å²) in [5, 5.41) is 24.0. The molecule has 2 aliphatic heterocycles. The minimum Gasteiger partial charge on any atom is -0.508 e. The molecule has 8 heteroatoms. The van der Waals surface area contributed by atoms with Gasteiger partial charge in [0.25, 0.3) is 5.91 Å². The Labute approximate surface area is 205 Å². The zero-order valence-corrected chi connectivity index (χ0v) is 20.5. The predicted octanol–water partition coefficient (Wildman–Crippen LogP) is 3.64. The molecule has 0 radical (unpaired) electrons. The van der Waals surface area contributed by atoms with E-state index in [4.69, 9.17) is 21.1 Å². The summed E-state index contributed by atoms with van der Waals surface area (Å²) >= 11 is 6.13. The quantitative estimate of drug-likeness (QED) is 0.525. The van der Waals surface area contributed by atoms with Crippen LogP contribution in [0.5, 0.6) is 17.2 Å². The van der Waals surface area contributed by atoms with Gasteiger partial charge in [-0.15, -0.1) is 0 Å².